The average molecular weight is 314 g/mol. The van der Waals surface area contributed by atoms with E-state index in [0.29, 0.717) is 0 Å². The first-order valence-corrected chi connectivity index (χ1v) is 8.45. The smallest absolute Gasteiger partial charge is 0.185 e. The summed E-state index contributed by atoms with van der Waals surface area (Å²) in [5.41, 5.74) is 1.14. The molecule has 1 N–H and O–H groups in total. The number of hydrogen-bond acceptors (Lipinski definition) is 6. The molecule has 0 aliphatic rings. The van der Waals surface area contributed by atoms with Crippen LogP contribution >= 0.6 is 11.3 Å². The molecule has 6 heteroatoms. The van der Waals surface area contributed by atoms with Crippen LogP contribution < -0.4 is 10.2 Å². The van der Waals surface area contributed by atoms with Crippen LogP contribution in [0.1, 0.15) is 23.9 Å². The van der Waals surface area contributed by atoms with Gasteiger partial charge < -0.3 is 19.9 Å². The number of nitrogens with zero attached hydrogens (tertiary/aromatic N) is 3. The van der Waals surface area contributed by atoms with Crippen molar-refractivity contribution in [2.24, 2.45) is 0 Å². The summed E-state index contributed by atoms with van der Waals surface area (Å²) in [6.07, 6.45) is 1.17. The van der Waals surface area contributed by atoms with Crippen molar-refractivity contribution < 1.29 is 4.74 Å². The summed E-state index contributed by atoms with van der Waals surface area (Å²) in [5, 5.41) is 4.54. The van der Waals surface area contributed by atoms with Crippen molar-refractivity contribution >= 4 is 16.5 Å². The molecular weight excluding hydrogens is 284 g/mol. The maximum absolute atomic E-state index is 5.05. The number of ether oxygens (including phenoxy) is 1. The molecular formula is C15H30N4OS. The molecule has 0 saturated carbocycles. The lowest BCUT2D eigenvalue weighted by molar-refractivity contribution is 0.199. The highest BCUT2D eigenvalue weighted by molar-refractivity contribution is 7.15. The van der Waals surface area contributed by atoms with Gasteiger partial charge in [-0.05, 0) is 40.9 Å². The van der Waals surface area contributed by atoms with E-state index in [9.17, 15) is 0 Å². The fourth-order valence-corrected chi connectivity index (χ4v) is 3.17. The number of hydrogen-bond donors (Lipinski definition) is 1. The zero-order chi connectivity index (χ0) is 15.7. The van der Waals surface area contributed by atoms with Crippen molar-refractivity contribution in [2.75, 3.05) is 58.9 Å². The predicted octanol–water partition coefficient (Wildman–Crippen LogP) is 1.97. The molecule has 1 heterocycles. The van der Waals surface area contributed by atoms with E-state index in [2.05, 4.69) is 43.1 Å². The molecule has 1 aromatic heterocycles. The second-order valence-electron chi connectivity index (χ2n) is 5.41. The molecule has 122 valence electrons. The molecule has 21 heavy (non-hydrogen) atoms. The standard InChI is InChI=1S/C15H30N4OS/c1-6-19(10-7-9-18(3)4)15-17-13(2)14(21-15)12-16-8-11-20-5/h16H,6-12H2,1-5H3. The Morgan fingerprint density at radius 2 is 2.05 bits per heavy atom. The van der Waals surface area contributed by atoms with Crippen molar-refractivity contribution in [1.29, 1.82) is 0 Å². The van der Waals surface area contributed by atoms with Crippen LogP contribution in [0.25, 0.3) is 0 Å². The molecule has 0 unspecified atom stereocenters. The number of aromatic nitrogens is 1. The maximum Gasteiger partial charge on any atom is 0.185 e. The van der Waals surface area contributed by atoms with E-state index < -0.39 is 0 Å². The fourth-order valence-electron chi connectivity index (χ4n) is 2.05. The Bertz CT molecular complexity index is 395. The molecule has 0 bridgehead atoms. The zero-order valence-electron chi connectivity index (χ0n) is 14.1. The highest BCUT2D eigenvalue weighted by Gasteiger charge is 2.12. The van der Waals surface area contributed by atoms with Gasteiger partial charge in [0.05, 0.1) is 12.3 Å². The third-order valence-electron chi connectivity index (χ3n) is 3.34. The van der Waals surface area contributed by atoms with Crippen molar-refractivity contribution in [1.82, 2.24) is 15.2 Å². The molecule has 0 spiro atoms. The highest BCUT2D eigenvalue weighted by Crippen LogP contribution is 2.26. The van der Waals surface area contributed by atoms with Crippen molar-refractivity contribution in [3.63, 3.8) is 0 Å². The van der Waals surface area contributed by atoms with Crippen LogP contribution in [0, 0.1) is 6.92 Å². The number of aryl methyl sites for hydroxylation is 1. The lowest BCUT2D eigenvalue weighted by atomic mass is 10.3. The summed E-state index contributed by atoms with van der Waals surface area (Å²) in [5.74, 6) is 0. The van der Waals surface area contributed by atoms with E-state index in [1.807, 2.05) is 0 Å². The SMILES string of the molecule is CCN(CCCN(C)C)c1nc(C)c(CNCCOC)s1. The first-order chi connectivity index (χ1) is 10.1. The lowest BCUT2D eigenvalue weighted by Crippen LogP contribution is -2.26. The maximum atomic E-state index is 5.05. The van der Waals surface area contributed by atoms with Crippen LogP contribution in [-0.4, -0.2) is 63.9 Å². The number of anilines is 1. The molecule has 0 aliphatic heterocycles. The first-order valence-electron chi connectivity index (χ1n) is 7.64. The van der Waals surface area contributed by atoms with E-state index in [4.69, 9.17) is 9.72 Å². The summed E-state index contributed by atoms with van der Waals surface area (Å²) in [7, 11) is 5.96. The van der Waals surface area contributed by atoms with Gasteiger partial charge in [0, 0.05) is 38.2 Å². The normalized spacial score (nSPS) is 11.3. The number of rotatable bonds is 11. The zero-order valence-corrected chi connectivity index (χ0v) is 14.9. The van der Waals surface area contributed by atoms with Gasteiger partial charge in [-0.25, -0.2) is 4.98 Å². The largest absolute Gasteiger partial charge is 0.383 e. The van der Waals surface area contributed by atoms with E-state index in [-0.39, 0.29) is 0 Å². The van der Waals surface area contributed by atoms with Crippen LogP contribution in [0.5, 0.6) is 0 Å². The minimum atomic E-state index is 0.746. The minimum absolute atomic E-state index is 0.746. The van der Waals surface area contributed by atoms with Gasteiger partial charge in [0.1, 0.15) is 0 Å². The van der Waals surface area contributed by atoms with Gasteiger partial charge in [-0.3, -0.25) is 0 Å². The third-order valence-corrected chi connectivity index (χ3v) is 4.55. The van der Waals surface area contributed by atoms with Crippen LogP contribution in [0.15, 0.2) is 0 Å². The van der Waals surface area contributed by atoms with E-state index >= 15 is 0 Å². The van der Waals surface area contributed by atoms with Crippen LogP contribution in [0.4, 0.5) is 5.13 Å². The summed E-state index contributed by atoms with van der Waals surface area (Å²) in [6.45, 7) is 9.99. The summed E-state index contributed by atoms with van der Waals surface area (Å²) in [6, 6.07) is 0. The van der Waals surface area contributed by atoms with Crippen molar-refractivity contribution in [3.05, 3.63) is 10.6 Å². The topological polar surface area (TPSA) is 40.6 Å². The van der Waals surface area contributed by atoms with E-state index in [1.54, 1.807) is 18.4 Å². The Labute approximate surface area is 133 Å². The van der Waals surface area contributed by atoms with Crippen LogP contribution in [0.3, 0.4) is 0 Å². The Morgan fingerprint density at radius 1 is 1.29 bits per heavy atom. The van der Waals surface area contributed by atoms with Gasteiger partial charge in [-0.2, -0.15) is 0 Å². The number of thiazole rings is 1. The number of nitrogens with one attached hydrogen (secondary N) is 1. The molecule has 0 fully saturated rings. The summed E-state index contributed by atoms with van der Waals surface area (Å²) < 4.78 is 5.05. The quantitative estimate of drug-likeness (QED) is 0.632. The molecule has 0 aliphatic carbocycles. The average Bonchev–Trinajstić information content (AvgIpc) is 2.80. The molecule has 0 atom stereocenters. The molecule has 1 rings (SSSR count). The van der Waals surface area contributed by atoms with Gasteiger partial charge in [0.15, 0.2) is 5.13 Å². The molecule has 0 aromatic carbocycles. The molecule has 0 radical (unpaired) electrons. The van der Waals surface area contributed by atoms with Crippen LogP contribution in [0.2, 0.25) is 0 Å². The van der Waals surface area contributed by atoms with E-state index in [0.717, 1.165) is 50.2 Å². The Hall–Kier alpha value is -0.690. The monoisotopic (exact) mass is 314 g/mol. The van der Waals surface area contributed by atoms with Gasteiger partial charge in [0.2, 0.25) is 0 Å². The van der Waals surface area contributed by atoms with Gasteiger partial charge in [-0.1, -0.05) is 0 Å². The predicted molar refractivity (Wildman–Crippen MR) is 91.5 cm³/mol. The van der Waals surface area contributed by atoms with Gasteiger partial charge in [0.25, 0.3) is 0 Å². The van der Waals surface area contributed by atoms with E-state index in [1.165, 1.54) is 11.3 Å². The summed E-state index contributed by atoms with van der Waals surface area (Å²) >= 11 is 1.81. The van der Waals surface area contributed by atoms with Crippen molar-refractivity contribution in [3.8, 4) is 0 Å². The second-order valence-corrected chi connectivity index (χ2v) is 6.47. The lowest BCUT2D eigenvalue weighted by Gasteiger charge is -2.20. The van der Waals surface area contributed by atoms with Crippen LogP contribution in [-0.2, 0) is 11.3 Å². The fraction of sp³-hybridized carbons (Fsp3) is 0.800. The molecule has 0 amide bonds. The molecule has 5 nitrogen and oxygen atoms in total. The molecule has 1 aromatic rings. The highest BCUT2D eigenvalue weighted by atomic mass is 32.1. The Morgan fingerprint density at radius 3 is 2.67 bits per heavy atom. The minimum Gasteiger partial charge on any atom is -0.383 e. The second kappa shape index (κ2) is 10.1. The Kier molecular flexibility index (Phi) is 8.84. The summed E-state index contributed by atoms with van der Waals surface area (Å²) in [4.78, 5) is 10.7. The van der Waals surface area contributed by atoms with Crippen molar-refractivity contribution in [2.45, 2.75) is 26.8 Å². The van der Waals surface area contributed by atoms with Gasteiger partial charge >= 0.3 is 0 Å². The third kappa shape index (κ3) is 6.74. The number of methoxy groups -OCH3 is 1. The Balaban J connectivity index is 2.52. The first kappa shape index (κ1) is 18.4. The van der Waals surface area contributed by atoms with Gasteiger partial charge in [-0.15, -0.1) is 11.3 Å². The molecule has 0 saturated heterocycles.